The van der Waals surface area contributed by atoms with Crippen LogP contribution in [-0.2, 0) is 4.74 Å². The van der Waals surface area contributed by atoms with Crippen LogP contribution in [0.1, 0.15) is 63.0 Å². The molecule has 1 rings (SSSR count). The zero-order valence-electron chi connectivity index (χ0n) is 13.7. The van der Waals surface area contributed by atoms with E-state index < -0.39 is 0 Å². The van der Waals surface area contributed by atoms with E-state index in [2.05, 4.69) is 12.2 Å². The minimum atomic E-state index is -0.352. The molecular weight excluding hydrogens is 262 g/mol. The maximum Gasteiger partial charge on any atom is 0.411 e. The number of nitrogens with one attached hydrogen (secondary N) is 1. The summed E-state index contributed by atoms with van der Waals surface area (Å²) in [4.78, 5) is 11.7. The number of unbranched alkanes of at least 4 members (excludes halogenated alkanes) is 6. The number of amides is 1. The molecule has 21 heavy (non-hydrogen) atoms. The van der Waals surface area contributed by atoms with Gasteiger partial charge in [-0.05, 0) is 37.5 Å². The minimum Gasteiger partial charge on any atom is -0.449 e. The summed E-state index contributed by atoms with van der Waals surface area (Å²) in [5.41, 5.74) is 3.09. The Kier molecular flexibility index (Phi) is 8.56. The van der Waals surface area contributed by atoms with Gasteiger partial charge >= 0.3 is 6.09 Å². The van der Waals surface area contributed by atoms with Gasteiger partial charge in [-0.25, -0.2) is 4.79 Å². The molecule has 0 fully saturated rings. The molecule has 0 bridgehead atoms. The van der Waals surface area contributed by atoms with Gasteiger partial charge in [0.25, 0.3) is 0 Å². The lowest BCUT2D eigenvalue weighted by Gasteiger charge is -2.10. The lowest BCUT2D eigenvalue weighted by Crippen LogP contribution is -2.15. The molecular formula is C18H29NO2. The molecule has 3 heteroatoms. The number of anilines is 1. The maximum atomic E-state index is 11.7. The van der Waals surface area contributed by atoms with Crippen molar-refractivity contribution in [3.63, 3.8) is 0 Å². The Hall–Kier alpha value is -1.51. The number of aryl methyl sites for hydroxylation is 1. The van der Waals surface area contributed by atoms with Crippen LogP contribution >= 0.6 is 0 Å². The number of rotatable bonds is 9. The highest BCUT2D eigenvalue weighted by atomic mass is 16.5. The second-order valence-corrected chi connectivity index (χ2v) is 5.63. The van der Waals surface area contributed by atoms with Crippen LogP contribution in [0.15, 0.2) is 18.2 Å². The molecule has 0 heterocycles. The Morgan fingerprint density at radius 1 is 1.05 bits per heavy atom. The Morgan fingerprint density at radius 3 is 2.43 bits per heavy atom. The normalized spacial score (nSPS) is 10.4. The highest BCUT2D eigenvalue weighted by Gasteiger charge is 2.06. The van der Waals surface area contributed by atoms with Crippen molar-refractivity contribution in [3.05, 3.63) is 29.3 Å². The average molecular weight is 291 g/mol. The van der Waals surface area contributed by atoms with Gasteiger partial charge in [-0.3, -0.25) is 5.32 Å². The first-order chi connectivity index (χ1) is 10.1. The Balaban J connectivity index is 2.13. The fraction of sp³-hybridized carbons (Fsp3) is 0.611. The SMILES string of the molecule is CCCCCCCCCOC(=O)Nc1cccc(C)c1C. The number of carbonyl (C=O) groups excluding carboxylic acids is 1. The van der Waals surface area contributed by atoms with E-state index in [1.54, 1.807) is 0 Å². The number of benzene rings is 1. The molecule has 0 saturated carbocycles. The number of hydrogen-bond donors (Lipinski definition) is 1. The van der Waals surface area contributed by atoms with Crippen LogP contribution < -0.4 is 5.32 Å². The van der Waals surface area contributed by atoms with Gasteiger partial charge in [-0.15, -0.1) is 0 Å². The lowest BCUT2D eigenvalue weighted by atomic mass is 10.1. The molecule has 0 aliphatic rings. The summed E-state index contributed by atoms with van der Waals surface area (Å²) in [5, 5.41) is 2.81. The summed E-state index contributed by atoms with van der Waals surface area (Å²) < 4.78 is 5.22. The van der Waals surface area contributed by atoms with E-state index in [1.807, 2.05) is 32.0 Å². The summed E-state index contributed by atoms with van der Waals surface area (Å²) in [6, 6.07) is 5.87. The first-order valence-corrected chi connectivity index (χ1v) is 8.15. The number of carbonyl (C=O) groups is 1. The van der Waals surface area contributed by atoms with Crippen molar-refractivity contribution in [3.8, 4) is 0 Å². The molecule has 1 aromatic carbocycles. The summed E-state index contributed by atoms with van der Waals surface area (Å²) in [7, 11) is 0. The van der Waals surface area contributed by atoms with Crippen LogP contribution in [0, 0.1) is 13.8 Å². The maximum absolute atomic E-state index is 11.7. The topological polar surface area (TPSA) is 38.3 Å². The molecule has 118 valence electrons. The molecule has 1 amide bonds. The van der Waals surface area contributed by atoms with Crippen molar-refractivity contribution < 1.29 is 9.53 Å². The van der Waals surface area contributed by atoms with Crippen molar-refractivity contribution in [2.45, 2.75) is 65.7 Å². The summed E-state index contributed by atoms with van der Waals surface area (Å²) in [6.45, 7) is 6.76. The Morgan fingerprint density at radius 2 is 1.71 bits per heavy atom. The fourth-order valence-electron chi connectivity index (χ4n) is 2.26. The van der Waals surface area contributed by atoms with Crippen LogP contribution in [0.5, 0.6) is 0 Å². The van der Waals surface area contributed by atoms with Gasteiger partial charge in [-0.2, -0.15) is 0 Å². The smallest absolute Gasteiger partial charge is 0.411 e. The van der Waals surface area contributed by atoms with Crippen molar-refractivity contribution in [2.75, 3.05) is 11.9 Å². The van der Waals surface area contributed by atoms with E-state index in [9.17, 15) is 4.79 Å². The second-order valence-electron chi connectivity index (χ2n) is 5.63. The molecule has 1 aromatic rings. The minimum absolute atomic E-state index is 0.352. The van der Waals surface area contributed by atoms with Crippen molar-refractivity contribution in [1.82, 2.24) is 0 Å². The standard InChI is InChI=1S/C18H29NO2/c1-4-5-6-7-8-9-10-14-21-18(20)19-17-13-11-12-15(2)16(17)3/h11-13H,4-10,14H2,1-3H3,(H,19,20). The largest absolute Gasteiger partial charge is 0.449 e. The third-order valence-electron chi connectivity index (χ3n) is 3.82. The van der Waals surface area contributed by atoms with Crippen molar-refractivity contribution >= 4 is 11.8 Å². The molecule has 0 aliphatic heterocycles. The molecule has 0 aliphatic carbocycles. The predicted molar refractivity (Wildman–Crippen MR) is 88.9 cm³/mol. The second kappa shape index (κ2) is 10.3. The molecule has 1 N–H and O–H groups in total. The lowest BCUT2D eigenvalue weighted by molar-refractivity contribution is 0.159. The predicted octanol–water partition coefficient (Wildman–Crippen LogP) is 5.60. The van der Waals surface area contributed by atoms with E-state index in [-0.39, 0.29) is 6.09 Å². The third kappa shape index (κ3) is 7.16. The average Bonchev–Trinajstić information content (AvgIpc) is 2.47. The van der Waals surface area contributed by atoms with Gasteiger partial charge in [0.05, 0.1) is 6.61 Å². The zero-order chi connectivity index (χ0) is 15.5. The van der Waals surface area contributed by atoms with Gasteiger partial charge < -0.3 is 4.74 Å². The van der Waals surface area contributed by atoms with Crippen LogP contribution in [0.25, 0.3) is 0 Å². The van der Waals surface area contributed by atoms with E-state index in [0.29, 0.717) is 6.61 Å². The highest BCUT2D eigenvalue weighted by Crippen LogP contribution is 2.18. The molecule has 3 nitrogen and oxygen atoms in total. The number of hydrogen-bond acceptors (Lipinski definition) is 2. The van der Waals surface area contributed by atoms with Crippen LogP contribution in [0.3, 0.4) is 0 Å². The van der Waals surface area contributed by atoms with Gasteiger partial charge in [0.2, 0.25) is 0 Å². The highest BCUT2D eigenvalue weighted by molar-refractivity contribution is 5.85. The number of ether oxygens (including phenoxy) is 1. The molecule has 0 spiro atoms. The van der Waals surface area contributed by atoms with Crippen LogP contribution in [-0.4, -0.2) is 12.7 Å². The van der Waals surface area contributed by atoms with E-state index >= 15 is 0 Å². The van der Waals surface area contributed by atoms with Crippen LogP contribution in [0.4, 0.5) is 10.5 Å². The van der Waals surface area contributed by atoms with Gasteiger partial charge in [0, 0.05) is 5.69 Å². The van der Waals surface area contributed by atoms with Crippen molar-refractivity contribution in [1.29, 1.82) is 0 Å². The van der Waals surface area contributed by atoms with Gasteiger partial charge in [0.1, 0.15) is 0 Å². The van der Waals surface area contributed by atoms with Crippen molar-refractivity contribution in [2.24, 2.45) is 0 Å². The fourth-order valence-corrected chi connectivity index (χ4v) is 2.26. The first-order valence-electron chi connectivity index (χ1n) is 8.15. The van der Waals surface area contributed by atoms with Gasteiger partial charge in [-0.1, -0.05) is 57.6 Å². The molecule has 0 radical (unpaired) electrons. The Labute approximate surface area is 129 Å². The molecule has 0 unspecified atom stereocenters. The molecule has 0 saturated heterocycles. The molecule has 0 aromatic heterocycles. The van der Waals surface area contributed by atoms with E-state index in [1.165, 1.54) is 37.7 Å². The zero-order valence-corrected chi connectivity index (χ0v) is 13.7. The van der Waals surface area contributed by atoms with E-state index in [0.717, 1.165) is 24.1 Å². The summed E-state index contributed by atoms with van der Waals surface area (Å²) >= 11 is 0. The summed E-state index contributed by atoms with van der Waals surface area (Å²) in [5.74, 6) is 0. The van der Waals surface area contributed by atoms with Crippen LogP contribution in [0.2, 0.25) is 0 Å². The van der Waals surface area contributed by atoms with Gasteiger partial charge in [0.15, 0.2) is 0 Å². The first kappa shape index (κ1) is 17.5. The quantitative estimate of drug-likeness (QED) is 0.601. The monoisotopic (exact) mass is 291 g/mol. The Bertz CT molecular complexity index is 429. The van der Waals surface area contributed by atoms with E-state index in [4.69, 9.17) is 4.74 Å². The molecule has 0 atom stereocenters. The summed E-state index contributed by atoms with van der Waals surface area (Å²) in [6.07, 6.45) is 8.20. The third-order valence-corrected chi connectivity index (χ3v) is 3.82.